The fourth-order valence-corrected chi connectivity index (χ4v) is 1.60. The lowest BCUT2D eigenvalue weighted by Gasteiger charge is -2.06. The Morgan fingerprint density at radius 3 is 2.69 bits per heavy atom. The van der Waals surface area contributed by atoms with E-state index in [0.29, 0.717) is 11.4 Å². The summed E-state index contributed by atoms with van der Waals surface area (Å²) in [6.45, 7) is 1.68. The van der Waals surface area contributed by atoms with Crippen molar-refractivity contribution in [3.8, 4) is 5.75 Å². The van der Waals surface area contributed by atoms with Crippen molar-refractivity contribution in [1.29, 1.82) is 0 Å². The third kappa shape index (κ3) is 4.31. The van der Waals surface area contributed by atoms with Crippen molar-refractivity contribution in [2.24, 2.45) is 0 Å². The van der Waals surface area contributed by atoms with Crippen LogP contribution in [0.3, 0.4) is 0 Å². The fourth-order valence-electron chi connectivity index (χ4n) is 1.04. The first kappa shape index (κ1) is 12.5. The molecule has 0 unspecified atom stereocenters. The Hall–Kier alpha value is -1.56. The van der Waals surface area contributed by atoms with Gasteiger partial charge in [-0.1, -0.05) is 13.0 Å². The molecule has 1 aromatic carbocycles. The number of rotatable bonds is 4. The number of esters is 1. The maximum atomic E-state index is 11.0. The number of hydrogen-bond acceptors (Lipinski definition) is 4. The molecule has 0 radical (unpaired) electrons. The average molecular weight is 243 g/mol. The number of benzene rings is 1. The molecule has 0 heterocycles. The maximum absolute atomic E-state index is 11.0. The Morgan fingerprint density at radius 2 is 2.12 bits per heavy atom. The summed E-state index contributed by atoms with van der Waals surface area (Å²) in [4.78, 5) is 11.0. The number of hydrogen-bond donors (Lipinski definition) is 1. The van der Waals surface area contributed by atoms with Gasteiger partial charge in [0.2, 0.25) is 10.0 Å². The van der Waals surface area contributed by atoms with Gasteiger partial charge in [0.1, 0.15) is 5.75 Å². The molecule has 6 heteroatoms. The van der Waals surface area contributed by atoms with Gasteiger partial charge in [-0.3, -0.25) is 9.52 Å². The van der Waals surface area contributed by atoms with E-state index in [1.165, 1.54) is 6.07 Å². The van der Waals surface area contributed by atoms with Crippen LogP contribution in [0.15, 0.2) is 24.3 Å². The van der Waals surface area contributed by atoms with Gasteiger partial charge in [0.05, 0.1) is 11.9 Å². The zero-order valence-corrected chi connectivity index (χ0v) is 9.87. The number of ether oxygens (including phenoxy) is 1. The summed E-state index contributed by atoms with van der Waals surface area (Å²) in [5, 5.41) is 0. The van der Waals surface area contributed by atoms with E-state index in [1.54, 1.807) is 25.1 Å². The second-order valence-electron chi connectivity index (χ2n) is 3.23. The SMILES string of the molecule is CCC(=O)Oc1cccc(NS(C)(=O)=O)c1. The minimum Gasteiger partial charge on any atom is -0.426 e. The molecule has 0 spiro atoms. The van der Waals surface area contributed by atoms with E-state index in [9.17, 15) is 13.2 Å². The third-order valence-electron chi connectivity index (χ3n) is 1.66. The van der Waals surface area contributed by atoms with Crippen LogP contribution < -0.4 is 9.46 Å². The van der Waals surface area contributed by atoms with E-state index in [-0.39, 0.29) is 12.4 Å². The van der Waals surface area contributed by atoms with Gasteiger partial charge in [-0.05, 0) is 12.1 Å². The van der Waals surface area contributed by atoms with Crippen molar-refractivity contribution in [3.63, 3.8) is 0 Å². The van der Waals surface area contributed by atoms with Crippen LogP contribution in [-0.4, -0.2) is 20.6 Å². The first-order valence-corrected chi connectivity index (χ1v) is 6.58. The van der Waals surface area contributed by atoms with Gasteiger partial charge in [-0.15, -0.1) is 0 Å². The molecule has 0 fully saturated rings. The lowest BCUT2D eigenvalue weighted by Crippen LogP contribution is -2.10. The molecule has 1 N–H and O–H groups in total. The molecule has 0 aliphatic carbocycles. The third-order valence-corrected chi connectivity index (χ3v) is 2.26. The highest BCUT2D eigenvalue weighted by Crippen LogP contribution is 2.18. The van der Waals surface area contributed by atoms with Crippen LogP contribution in [0.25, 0.3) is 0 Å². The van der Waals surface area contributed by atoms with Gasteiger partial charge >= 0.3 is 5.97 Å². The van der Waals surface area contributed by atoms with Crippen LogP contribution >= 0.6 is 0 Å². The number of carbonyl (C=O) groups excluding carboxylic acids is 1. The van der Waals surface area contributed by atoms with Gasteiger partial charge in [0.25, 0.3) is 0 Å². The highest BCUT2D eigenvalue weighted by molar-refractivity contribution is 7.92. The Kier molecular flexibility index (Phi) is 3.89. The normalized spacial score (nSPS) is 10.9. The highest BCUT2D eigenvalue weighted by atomic mass is 32.2. The second kappa shape index (κ2) is 4.98. The maximum Gasteiger partial charge on any atom is 0.310 e. The molecular formula is C10H13NO4S. The molecule has 1 rings (SSSR count). The molecule has 0 amide bonds. The van der Waals surface area contributed by atoms with E-state index in [1.807, 2.05) is 0 Å². The molecule has 5 nitrogen and oxygen atoms in total. The largest absolute Gasteiger partial charge is 0.426 e. The lowest BCUT2D eigenvalue weighted by molar-refractivity contribution is -0.134. The first-order chi connectivity index (χ1) is 7.40. The summed E-state index contributed by atoms with van der Waals surface area (Å²) in [6.07, 6.45) is 1.32. The molecule has 0 aliphatic rings. The fraction of sp³-hybridized carbons (Fsp3) is 0.300. The van der Waals surface area contributed by atoms with Gasteiger partial charge in [0.15, 0.2) is 0 Å². The Morgan fingerprint density at radius 1 is 1.44 bits per heavy atom. The molecule has 0 saturated carbocycles. The Bertz CT molecular complexity index is 481. The van der Waals surface area contributed by atoms with Gasteiger partial charge in [0, 0.05) is 12.5 Å². The summed E-state index contributed by atoms with van der Waals surface area (Å²) in [5.74, 6) is -0.0444. The van der Waals surface area contributed by atoms with Crippen molar-refractivity contribution >= 4 is 21.7 Å². The molecule has 0 aliphatic heterocycles. The molecule has 0 saturated heterocycles. The predicted molar refractivity (Wildman–Crippen MR) is 60.8 cm³/mol. The van der Waals surface area contributed by atoms with E-state index >= 15 is 0 Å². The van der Waals surface area contributed by atoms with Crippen LogP contribution in [0.5, 0.6) is 5.75 Å². The zero-order valence-electron chi connectivity index (χ0n) is 9.06. The van der Waals surface area contributed by atoms with Crippen LogP contribution in [0.4, 0.5) is 5.69 Å². The van der Waals surface area contributed by atoms with Crippen LogP contribution in [-0.2, 0) is 14.8 Å². The minimum atomic E-state index is -3.32. The van der Waals surface area contributed by atoms with Crippen molar-refractivity contribution in [2.45, 2.75) is 13.3 Å². The molecule has 16 heavy (non-hydrogen) atoms. The smallest absolute Gasteiger partial charge is 0.310 e. The average Bonchev–Trinajstić information content (AvgIpc) is 2.15. The van der Waals surface area contributed by atoms with E-state index < -0.39 is 10.0 Å². The molecule has 1 aromatic rings. The van der Waals surface area contributed by atoms with E-state index in [0.717, 1.165) is 6.26 Å². The number of sulfonamides is 1. The molecular weight excluding hydrogens is 230 g/mol. The van der Waals surface area contributed by atoms with Crippen LogP contribution in [0, 0.1) is 0 Å². The van der Waals surface area contributed by atoms with Gasteiger partial charge in [-0.2, -0.15) is 0 Å². The minimum absolute atomic E-state index is 0.268. The summed E-state index contributed by atoms with van der Waals surface area (Å²) < 4.78 is 29.2. The summed E-state index contributed by atoms with van der Waals surface area (Å²) >= 11 is 0. The number of nitrogens with one attached hydrogen (secondary N) is 1. The van der Waals surface area contributed by atoms with E-state index in [2.05, 4.69) is 4.72 Å². The van der Waals surface area contributed by atoms with Crippen molar-refractivity contribution in [2.75, 3.05) is 11.0 Å². The van der Waals surface area contributed by atoms with E-state index in [4.69, 9.17) is 4.74 Å². The van der Waals surface area contributed by atoms with Crippen LogP contribution in [0.2, 0.25) is 0 Å². The molecule has 0 aromatic heterocycles. The highest BCUT2D eigenvalue weighted by Gasteiger charge is 2.05. The Balaban J connectivity index is 2.83. The Labute approximate surface area is 94.5 Å². The van der Waals surface area contributed by atoms with Gasteiger partial charge < -0.3 is 4.74 Å². The molecule has 0 atom stereocenters. The first-order valence-electron chi connectivity index (χ1n) is 4.69. The number of carbonyl (C=O) groups is 1. The lowest BCUT2D eigenvalue weighted by atomic mass is 10.3. The summed E-state index contributed by atoms with van der Waals surface area (Å²) in [7, 11) is -3.32. The second-order valence-corrected chi connectivity index (χ2v) is 4.98. The van der Waals surface area contributed by atoms with Crippen molar-refractivity contribution < 1.29 is 17.9 Å². The zero-order chi connectivity index (χ0) is 12.2. The molecule has 0 bridgehead atoms. The topological polar surface area (TPSA) is 72.5 Å². The van der Waals surface area contributed by atoms with Crippen molar-refractivity contribution in [3.05, 3.63) is 24.3 Å². The molecule has 88 valence electrons. The quantitative estimate of drug-likeness (QED) is 0.640. The number of anilines is 1. The van der Waals surface area contributed by atoms with Crippen LogP contribution in [0.1, 0.15) is 13.3 Å². The van der Waals surface area contributed by atoms with Gasteiger partial charge in [-0.25, -0.2) is 8.42 Å². The standard InChI is InChI=1S/C10H13NO4S/c1-3-10(12)15-9-6-4-5-8(7-9)11-16(2,13)14/h4-7,11H,3H2,1-2H3. The summed E-state index contributed by atoms with van der Waals surface area (Å²) in [5.41, 5.74) is 0.365. The summed E-state index contributed by atoms with van der Waals surface area (Å²) in [6, 6.07) is 6.21. The monoisotopic (exact) mass is 243 g/mol. The van der Waals surface area contributed by atoms with Crippen molar-refractivity contribution in [1.82, 2.24) is 0 Å². The predicted octanol–water partition coefficient (Wildman–Crippen LogP) is 1.37.